The molecule has 0 aromatic rings. The predicted octanol–water partition coefficient (Wildman–Crippen LogP) is 0.752. The van der Waals surface area contributed by atoms with Crippen LogP contribution in [-0.4, -0.2) is 64.4 Å². The number of rotatable bonds is 5. The molecule has 0 amide bonds. The lowest BCUT2D eigenvalue weighted by Crippen LogP contribution is -2.37. The second kappa shape index (κ2) is 6.75. The van der Waals surface area contributed by atoms with Crippen molar-refractivity contribution < 1.29 is 8.42 Å². The minimum absolute atomic E-state index is 0.375. The lowest BCUT2D eigenvalue weighted by atomic mass is 10.5. The van der Waals surface area contributed by atoms with Gasteiger partial charge in [-0.2, -0.15) is 0 Å². The van der Waals surface area contributed by atoms with Crippen molar-refractivity contribution in [1.29, 1.82) is 0 Å². The Bertz CT molecular complexity index is 358. The summed E-state index contributed by atoms with van der Waals surface area (Å²) < 4.78 is 25.8. The van der Waals surface area contributed by atoms with E-state index in [4.69, 9.17) is 0 Å². The van der Waals surface area contributed by atoms with Crippen molar-refractivity contribution in [1.82, 2.24) is 10.2 Å². The Morgan fingerprint density at radius 3 is 2.18 bits per heavy atom. The van der Waals surface area contributed by atoms with Crippen LogP contribution in [0.3, 0.4) is 0 Å². The van der Waals surface area contributed by atoms with E-state index in [1.54, 1.807) is 19.0 Å². The second-order valence-electron chi connectivity index (χ2n) is 4.51. The van der Waals surface area contributed by atoms with Gasteiger partial charge in [0.15, 0.2) is 0 Å². The van der Waals surface area contributed by atoms with Gasteiger partial charge in [-0.3, -0.25) is 0 Å². The molecule has 0 unspecified atom stereocenters. The first-order valence-electron chi connectivity index (χ1n) is 5.16. The van der Waals surface area contributed by atoms with Gasteiger partial charge in [0.05, 0.1) is 6.26 Å². The van der Waals surface area contributed by atoms with Crippen molar-refractivity contribution in [2.45, 2.75) is 6.42 Å². The number of thiol groups is 1. The van der Waals surface area contributed by atoms with Gasteiger partial charge in [0.1, 0.15) is 0 Å². The third-order valence-corrected chi connectivity index (χ3v) is 4.12. The zero-order valence-corrected chi connectivity index (χ0v) is 13.6. The molecule has 104 valence electrons. The zero-order valence-electron chi connectivity index (χ0n) is 11.1. The van der Waals surface area contributed by atoms with E-state index in [2.05, 4.69) is 33.9 Å². The summed E-state index contributed by atoms with van der Waals surface area (Å²) in [5.74, 6) is 1.40. The van der Waals surface area contributed by atoms with Gasteiger partial charge in [-0.05, 0) is 24.7 Å². The smallest absolute Gasteiger partial charge is 0.253 e. The summed E-state index contributed by atoms with van der Waals surface area (Å²) in [7, 11) is -0.645. The molecule has 0 rings (SSSR count). The van der Waals surface area contributed by atoms with E-state index >= 15 is 0 Å². The molecule has 0 heterocycles. The molecule has 5 nitrogen and oxygen atoms in total. The molecule has 0 bridgehead atoms. The molecule has 1 N–H and O–H groups in total. The molecular formula is C9H23N3O2S3. The summed E-state index contributed by atoms with van der Waals surface area (Å²) in [5.41, 5.74) is 0. The van der Waals surface area contributed by atoms with Gasteiger partial charge in [0.2, 0.25) is 5.96 Å². The number of hydrogen-bond acceptors (Lipinski definition) is 3. The highest BCUT2D eigenvalue weighted by Gasteiger charge is 2.08. The molecular weight excluding hydrogens is 278 g/mol. The fourth-order valence-corrected chi connectivity index (χ4v) is 2.83. The largest absolute Gasteiger partial charge is 0.355 e. The number of nitrogens with one attached hydrogen (secondary N) is 1. The highest BCUT2D eigenvalue weighted by Crippen LogP contribution is 2.44. The van der Waals surface area contributed by atoms with E-state index in [1.165, 1.54) is 0 Å². The van der Waals surface area contributed by atoms with Crippen LogP contribution in [0.4, 0.5) is 0 Å². The number of sulfonamides is 1. The molecule has 0 radical (unpaired) electrons. The van der Waals surface area contributed by atoms with Crippen LogP contribution in [-0.2, 0) is 10.0 Å². The fraction of sp³-hybridized carbons (Fsp3) is 0.889. The van der Waals surface area contributed by atoms with Crippen molar-refractivity contribution in [3.05, 3.63) is 0 Å². The number of guanidine groups is 1. The Balaban J connectivity index is 4.28. The summed E-state index contributed by atoms with van der Waals surface area (Å²) in [6.45, 7) is 0.698. The van der Waals surface area contributed by atoms with Crippen molar-refractivity contribution in [3.8, 4) is 0 Å². The van der Waals surface area contributed by atoms with Crippen LogP contribution >= 0.6 is 20.7 Å². The van der Waals surface area contributed by atoms with Gasteiger partial charge in [-0.1, -0.05) is 0 Å². The molecule has 0 fully saturated rings. The first-order chi connectivity index (χ1) is 7.51. The first kappa shape index (κ1) is 16.9. The lowest BCUT2D eigenvalue weighted by molar-refractivity contribution is 0.577. The van der Waals surface area contributed by atoms with Crippen LogP contribution in [0.2, 0.25) is 0 Å². The first-order valence-corrected chi connectivity index (χ1v) is 10.7. The maximum Gasteiger partial charge on any atom is 0.253 e. The summed E-state index contributed by atoms with van der Waals surface area (Å²) in [5, 5.41) is 3.02. The minimum atomic E-state index is -3.36. The highest BCUT2D eigenvalue weighted by atomic mass is 33.1. The average molecular weight is 302 g/mol. The van der Waals surface area contributed by atoms with Crippen molar-refractivity contribution in [2.24, 2.45) is 4.40 Å². The van der Waals surface area contributed by atoms with Crippen LogP contribution in [0.25, 0.3) is 0 Å². The maximum absolute atomic E-state index is 11.1. The van der Waals surface area contributed by atoms with Crippen LogP contribution in [0, 0.1) is 0 Å². The van der Waals surface area contributed by atoms with E-state index in [-0.39, 0.29) is 0 Å². The zero-order chi connectivity index (χ0) is 13.7. The van der Waals surface area contributed by atoms with Crippen LogP contribution < -0.4 is 5.32 Å². The van der Waals surface area contributed by atoms with Crippen LogP contribution in [0.15, 0.2) is 4.40 Å². The fourth-order valence-electron chi connectivity index (χ4n) is 1.05. The van der Waals surface area contributed by atoms with E-state index in [1.807, 2.05) is 0 Å². The van der Waals surface area contributed by atoms with Crippen molar-refractivity contribution in [3.63, 3.8) is 0 Å². The molecule has 0 aliphatic rings. The Morgan fingerprint density at radius 1 is 1.29 bits per heavy atom. The van der Waals surface area contributed by atoms with Gasteiger partial charge < -0.3 is 10.2 Å². The second-order valence-corrected chi connectivity index (χ2v) is 12.5. The highest BCUT2D eigenvalue weighted by molar-refractivity contribution is 8.87. The summed E-state index contributed by atoms with van der Waals surface area (Å²) in [6, 6.07) is 0. The number of nitrogens with zero attached hydrogens (tertiary/aromatic N) is 2. The molecule has 0 aromatic carbocycles. The van der Waals surface area contributed by atoms with Gasteiger partial charge in [-0.25, -0.2) is 17.5 Å². The summed E-state index contributed by atoms with van der Waals surface area (Å²) in [6.07, 6.45) is 6.29. The quantitative estimate of drug-likeness (QED) is 0.259. The molecule has 0 aromatic heterocycles. The van der Waals surface area contributed by atoms with E-state index in [0.717, 1.165) is 18.4 Å². The number of hydrogen-bond donors (Lipinski definition) is 2. The molecule has 0 aliphatic heterocycles. The third-order valence-electron chi connectivity index (χ3n) is 1.78. The minimum Gasteiger partial charge on any atom is -0.355 e. The Labute approximate surface area is 111 Å². The summed E-state index contributed by atoms with van der Waals surface area (Å²) >= 11 is 4.51. The molecule has 0 atom stereocenters. The SMILES string of the molecule is CN(C)/C(=N\S(C)(=O)=O)NCCCS(C)(C)S. The van der Waals surface area contributed by atoms with Crippen LogP contribution in [0.1, 0.15) is 6.42 Å². The lowest BCUT2D eigenvalue weighted by Gasteiger charge is -2.24. The monoisotopic (exact) mass is 301 g/mol. The van der Waals surface area contributed by atoms with Crippen LogP contribution in [0.5, 0.6) is 0 Å². The maximum atomic E-state index is 11.1. The molecule has 0 saturated heterocycles. The van der Waals surface area contributed by atoms with Gasteiger partial charge in [0, 0.05) is 20.6 Å². The standard InChI is InChI=1S/C9H23N3O2S3/c1-12(2)9(11-17(5,13)14)10-7-6-8-16(3,4)15/h15H,6-8H2,1-5H3,(H,10,11). The van der Waals surface area contributed by atoms with Gasteiger partial charge in [0.25, 0.3) is 10.0 Å². The normalized spacial score (nSPS) is 14.6. The molecule has 0 aliphatic carbocycles. The predicted molar refractivity (Wildman–Crippen MR) is 81.9 cm³/mol. The van der Waals surface area contributed by atoms with E-state index in [0.29, 0.717) is 12.5 Å². The third kappa shape index (κ3) is 10.8. The molecule has 0 spiro atoms. The Hall–Kier alpha value is -0.0800. The van der Waals surface area contributed by atoms with Gasteiger partial charge in [-0.15, -0.1) is 16.1 Å². The molecule has 8 heteroatoms. The Kier molecular flexibility index (Phi) is 6.71. The van der Waals surface area contributed by atoms with Crippen molar-refractivity contribution in [2.75, 3.05) is 45.2 Å². The molecule has 0 saturated carbocycles. The van der Waals surface area contributed by atoms with E-state index < -0.39 is 19.1 Å². The summed E-state index contributed by atoms with van der Waals surface area (Å²) in [4.78, 5) is 1.65. The average Bonchev–Trinajstić information content (AvgIpc) is 2.06. The van der Waals surface area contributed by atoms with Crippen molar-refractivity contribution >= 4 is 36.7 Å². The topological polar surface area (TPSA) is 61.8 Å². The van der Waals surface area contributed by atoms with E-state index in [9.17, 15) is 8.42 Å². The Morgan fingerprint density at radius 2 is 1.82 bits per heavy atom. The van der Waals surface area contributed by atoms with Gasteiger partial charge >= 0.3 is 0 Å². The molecule has 17 heavy (non-hydrogen) atoms.